The van der Waals surface area contributed by atoms with Crippen LogP contribution in [-0.4, -0.2) is 25.6 Å². The minimum Gasteiger partial charge on any atom is -0.377 e. The third-order valence-corrected chi connectivity index (χ3v) is 3.32. The zero-order chi connectivity index (χ0) is 14.3. The number of halogens is 1. The van der Waals surface area contributed by atoms with Gasteiger partial charge in [0.25, 0.3) is 0 Å². The van der Waals surface area contributed by atoms with Crippen LogP contribution in [0.1, 0.15) is 30.9 Å². The van der Waals surface area contributed by atoms with Gasteiger partial charge in [0.05, 0.1) is 6.61 Å². The normalized spacial score (nSPS) is 12.4. The fourth-order valence-electron chi connectivity index (χ4n) is 1.69. The van der Waals surface area contributed by atoms with Crippen molar-refractivity contribution in [2.75, 3.05) is 13.7 Å². The molecular weight excluding hydrogens is 264 g/mol. The van der Waals surface area contributed by atoms with E-state index in [1.165, 1.54) is 0 Å². The maximum Gasteiger partial charge on any atom is 0.161 e. The summed E-state index contributed by atoms with van der Waals surface area (Å²) in [7, 11) is 1.54. The molecule has 0 N–H and O–H groups in total. The van der Waals surface area contributed by atoms with Crippen molar-refractivity contribution in [2.24, 2.45) is 0 Å². The van der Waals surface area contributed by atoms with Crippen LogP contribution in [0.25, 0.3) is 0 Å². The largest absolute Gasteiger partial charge is 0.377 e. The monoisotopic (exact) mass is 284 g/mol. The number of carbonyl (C=O) groups is 1. The number of Topliss-reactive ketones (excluding diaryl/α,β-unsaturated/α-hetero) is 1. The second-order valence-corrected chi connectivity index (χ2v) is 5.01. The summed E-state index contributed by atoms with van der Waals surface area (Å²) in [5, 5.41) is 0.736. The van der Waals surface area contributed by atoms with Crippen molar-refractivity contribution in [2.45, 2.75) is 39.4 Å². The molecule has 1 unspecified atom stereocenters. The Bertz CT molecular complexity index is 418. The van der Waals surface area contributed by atoms with Crippen molar-refractivity contribution < 1.29 is 14.3 Å². The van der Waals surface area contributed by atoms with Crippen molar-refractivity contribution in [1.29, 1.82) is 0 Å². The Morgan fingerprint density at radius 1 is 1.42 bits per heavy atom. The summed E-state index contributed by atoms with van der Waals surface area (Å²) in [5.74, 6) is 0.119. The standard InChI is InChI=1S/C15H21ClO3/c1-11-9-14(16)7-6-13(11)10-19-8-4-5-15(17)12(2)18-3/h6-7,9,12H,4-5,8,10H2,1-3H3. The maximum absolute atomic E-state index is 11.5. The van der Waals surface area contributed by atoms with E-state index in [0.717, 1.165) is 22.6 Å². The van der Waals surface area contributed by atoms with Gasteiger partial charge in [-0.05, 0) is 43.5 Å². The lowest BCUT2D eigenvalue weighted by Crippen LogP contribution is -2.19. The van der Waals surface area contributed by atoms with Crippen molar-refractivity contribution in [3.05, 3.63) is 34.3 Å². The van der Waals surface area contributed by atoms with Gasteiger partial charge in [0.15, 0.2) is 5.78 Å². The number of benzene rings is 1. The Hall–Kier alpha value is -0.900. The Morgan fingerprint density at radius 2 is 2.16 bits per heavy atom. The van der Waals surface area contributed by atoms with Crippen LogP contribution in [0.15, 0.2) is 18.2 Å². The van der Waals surface area contributed by atoms with Crippen LogP contribution in [0.5, 0.6) is 0 Å². The smallest absolute Gasteiger partial charge is 0.161 e. The Labute approximate surface area is 119 Å². The highest BCUT2D eigenvalue weighted by atomic mass is 35.5. The van der Waals surface area contributed by atoms with Crippen LogP contribution in [-0.2, 0) is 20.9 Å². The number of ketones is 1. The molecule has 0 spiro atoms. The highest BCUT2D eigenvalue weighted by Crippen LogP contribution is 2.16. The molecule has 0 fully saturated rings. The van der Waals surface area contributed by atoms with Crippen LogP contribution in [0, 0.1) is 6.92 Å². The van der Waals surface area contributed by atoms with E-state index in [-0.39, 0.29) is 11.9 Å². The third kappa shape index (κ3) is 5.72. The van der Waals surface area contributed by atoms with E-state index in [0.29, 0.717) is 19.6 Å². The quantitative estimate of drug-likeness (QED) is 0.685. The molecule has 1 rings (SSSR count). The van der Waals surface area contributed by atoms with E-state index in [1.54, 1.807) is 14.0 Å². The van der Waals surface area contributed by atoms with Crippen LogP contribution < -0.4 is 0 Å². The molecule has 0 radical (unpaired) electrons. The van der Waals surface area contributed by atoms with Gasteiger partial charge in [0, 0.05) is 25.2 Å². The van der Waals surface area contributed by atoms with Gasteiger partial charge in [-0.2, -0.15) is 0 Å². The molecule has 0 bridgehead atoms. The zero-order valence-electron chi connectivity index (χ0n) is 11.7. The molecular formula is C15H21ClO3. The highest BCUT2D eigenvalue weighted by Gasteiger charge is 2.10. The lowest BCUT2D eigenvalue weighted by Gasteiger charge is -2.09. The summed E-state index contributed by atoms with van der Waals surface area (Å²) in [6, 6.07) is 5.75. The molecule has 1 atom stereocenters. The first-order valence-electron chi connectivity index (χ1n) is 6.43. The third-order valence-electron chi connectivity index (χ3n) is 3.08. The number of hydrogen-bond acceptors (Lipinski definition) is 3. The highest BCUT2D eigenvalue weighted by molar-refractivity contribution is 6.30. The van der Waals surface area contributed by atoms with Gasteiger partial charge in [-0.3, -0.25) is 4.79 Å². The topological polar surface area (TPSA) is 35.5 Å². The van der Waals surface area contributed by atoms with Gasteiger partial charge in [-0.1, -0.05) is 17.7 Å². The summed E-state index contributed by atoms with van der Waals surface area (Å²) >= 11 is 5.89. The molecule has 0 aliphatic rings. The molecule has 0 aliphatic carbocycles. The summed E-state index contributed by atoms with van der Waals surface area (Å²) in [5.41, 5.74) is 2.25. The lowest BCUT2D eigenvalue weighted by atomic mass is 10.1. The Morgan fingerprint density at radius 3 is 2.79 bits per heavy atom. The van der Waals surface area contributed by atoms with E-state index >= 15 is 0 Å². The number of aryl methyl sites for hydroxylation is 1. The summed E-state index contributed by atoms with van der Waals surface area (Å²) in [6.45, 7) is 4.90. The molecule has 0 aliphatic heterocycles. The van der Waals surface area contributed by atoms with Crippen LogP contribution >= 0.6 is 11.6 Å². The minimum absolute atomic E-state index is 0.119. The second-order valence-electron chi connectivity index (χ2n) is 4.57. The van der Waals surface area contributed by atoms with E-state index in [1.807, 2.05) is 25.1 Å². The number of ether oxygens (including phenoxy) is 2. The number of carbonyl (C=O) groups excluding carboxylic acids is 1. The van der Waals surface area contributed by atoms with Gasteiger partial charge in [-0.15, -0.1) is 0 Å². The van der Waals surface area contributed by atoms with E-state index in [4.69, 9.17) is 21.1 Å². The molecule has 1 aromatic carbocycles. The molecule has 0 saturated heterocycles. The molecule has 0 saturated carbocycles. The average Bonchev–Trinajstić information content (AvgIpc) is 2.39. The van der Waals surface area contributed by atoms with Crippen molar-refractivity contribution >= 4 is 17.4 Å². The molecule has 1 aromatic rings. The Balaban J connectivity index is 2.22. The van der Waals surface area contributed by atoms with Gasteiger partial charge in [-0.25, -0.2) is 0 Å². The van der Waals surface area contributed by atoms with E-state index < -0.39 is 0 Å². The maximum atomic E-state index is 11.5. The van der Waals surface area contributed by atoms with Crippen LogP contribution in [0.3, 0.4) is 0 Å². The predicted octanol–water partition coefficient (Wildman–Crippen LogP) is 3.55. The molecule has 0 aromatic heterocycles. The Kier molecular flexibility index (Phi) is 7.06. The first kappa shape index (κ1) is 16.2. The molecule has 0 heterocycles. The lowest BCUT2D eigenvalue weighted by molar-refractivity contribution is -0.128. The first-order chi connectivity index (χ1) is 9.04. The van der Waals surface area contributed by atoms with Crippen molar-refractivity contribution in [3.8, 4) is 0 Å². The second kappa shape index (κ2) is 8.31. The average molecular weight is 285 g/mol. The molecule has 19 heavy (non-hydrogen) atoms. The minimum atomic E-state index is -0.321. The van der Waals surface area contributed by atoms with Crippen LogP contribution in [0.4, 0.5) is 0 Å². The number of methoxy groups -OCH3 is 1. The van der Waals surface area contributed by atoms with E-state index in [2.05, 4.69) is 0 Å². The summed E-state index contributed by atoms with van der Waals surface area (Å²) in [4.78, 5) is 11.5. The summed E-state index contributed by atoms with van der Waals surface area (Å²) < 4.78 is 10.5. The number of hydrogen-bond donors (Lipinski definition) is 0. The fraction of sp³-hybridized carbons (Fsp3) is 0.533. The van der Waals surface area contributed by atoms with Gasteiger partial charge >= 0.3 is 0 Å². The molecule has 106 valence electrons. The predicted molar refractivity (Wildman–Crippen MR) is 76.6 cm³/mol. The van der Waals surface area contributed by atoms with Gasteiger partial charge in [0.1, 0.15) is 6.10 Å². The SMILES string of the molecule is COC(C)C(=O)CCCOCc1ccc(Cl)cc1C. The van der Waals surface area contributed by atoms with Crippen molar-refractivity contribution in [1.82, 2.24) is 0 Å². The van der Waals surface area contributed by atoms with E-state index in [9.17, 15) is 4.79 Å². The van der Waals surface area contributed by atoms with Crippen LogP contribution in [0.2, 0.25) is 5.02 Å². The zero-order valence-corrected chi connectivity index (χ0v) is 12.5. The van der Waals surface area contributed by atoms with Gasteiger partial charge < -0.3 is 9.47 Å². The molecule has 4 heteroatoms. The molecule has 3 nitrogen and oxygen atoms in total. The molecule has 0 amide bonds. The fourth-order valence-corrected chi connectivity index (χ4v) is 1.91. The summed E-state index contributed by atoms with van der Waals surface area (Å²) in [6.07, 6.45) is 0.895. The first-order valence-corrected chi connectivity index (χ1v) is 6.80. The number of rotatable bonds is 8. The van der Waals surface area contributed by atoms with Crippen molar-refractivity contribution in [3.63, 3.8) is 0 Å². The van der Waals surface area contributed by atoms with Gasteiger partial charge in [0.2, 0.25) is 0 Å².